The third-order valence-corrected chi connectivity index (χ3v) is 7.31. The minimum absolute atomic E-state index is 0.0210. The molecule has 0 radical (unpaired) electrons. The molecule has 3 aliphatic rings. The number of rotatable bonds is 8. The van der Waals surface area contributed by atoms with Gasteiger partial charge in [-0.2, -0.15) is 4.98 Å². The number of aromatic amines is 1. The quantitative estimate of drug-likeness (QED) is 0.253. The summed E-state index contributed by atoms with van der Waals surface area (Å²) in [5, 5.41) is 8.86. The summed E-state index contributed by atoms with van der Waals surface area (Å²) in [6, 6.07) is 9.67. The van der Waals surface area contributed by atoms with Crippen LogP contribution in [-0.2, 0) is 11.2 Å². The van der Waals surface area contributed by atoms with Crippen molar-refractivity contribution in [2.75, 3.05) is 50.3 Å². The van der Waals surface area contributed by atoms with Crippen molar-refractivity contribution in [3.05, 3.63) is 59.5 Å². The highest BCUT2D eigenvalue weighted by Crippen LogP contribution is 2.39. The molecular weight excluding hydrogens is 527 g/mol. The second kappa shape index (κ2) is 11.4. The topological polar surface area (TPSA) is 128 Å². The van der Waals surface area contributed by atoms with E-state index in [9.17, 15) is 14.0 Å². The molecule has 5 rings (SSSR count). The number of amides is 2. The number of halogens is 1. The maximum atomic E-state index is 14.6. The standard InChI is InChI=1S/C29H33FN8O3/c1-16(37(3)4)28(40)38-13-7-8-17-14-23(41-5)21(15-22(17)38)34-29-35-25-18(11-12-32-25)26(36-29)33-20-10-6-9-19(30)24(20)27(39)31-2/h6,9-12,14-16H,7-8,13H2,1-5H3,(H,31,39)(H3,32,33,34,35,36). The van der Waals surface area contributed by atoms with Crippen LogP contribution in [-0.4, -0.2) is 72.5 Å². The summed E-state index contributed by atoms with van der Waals surface area (Å²) in [6.07, 6.45) is 3.31. The first kappa shape index (κ1) is 27.8. The molecule has 1 unspecified atom stereocenters. The number of carbonyl (C=O) groups excluding carboxylic acids is 2. The SMILES string of the molecule is CNC(=O)c1c(F)cccc1Nc1nc(Nc2cc3c(cc2OC)CCCN3C(=O)C(C)N(C)C)[nH]c2nccc1-2. The van der Waals surface area contributed by atoms with Crippen LogP contribution in [0.25, 0.3) is 11.4 Å². The number of aryl methyl sites for hydroxylation is 1. The lowest BCUT2D eigenvalue weighted by atomic mass is 9.99. The second-order valence-electron chi connectivity index (χ2n) is 10.0. The summed E-state index contributed by atoms with van der Waals surface area (Å²) < 4.78 is 20.3. The molecule has 1 atom stereocenters. The molecule has 2 aromatic rings. The number of likely N-dealkylation sites (N-methyl/N-ethyl adjacent to an activating group) is 1. The molecule has 41 heavy (non-hydrogen) atoms. The number of hydrogen-bond acceptors (Lipinski definition) is 8. The maximum absolute atomic E-state index is 14.6. The Morgan fingerprint density at radius 1 is 1.17 bits per heavy atom. The summed E-state index contributed by atoms with van der Waals surface area (Å²) in [7, 11) is 6.80. The van der Waals surface area contributed by atoms with Crippen LogP contribution in [0.3, 0.4) is 0 Å². The lowest BCUT2D eigenvalue weighted by molar-refractivity contribution is -0.122. The van der Waals surface area contributed by atoms with Crippen LogP contribution in [0.1, 0.15) is 29.3 Å². The molecular formula is C29H33FN8O3. The Morgan fingerprint density at radius 3 is 2.71 bits per heavy atom. The Hall–Kier alpha value is -4.71. The van der Waals surface area contributed by atoms with Gasteiger partial charge in [-0.15, -0.1) is 0 Å². The minimum atomic E-state index is -0.659. The van der Waals surface area contributed by atoms with Gasteiger partial charge >= 0.3 is 0 Å². The second-order valence-corrected chi connectivity index (χ2v) is 10.0. The highest BCUT2D eigenvalue weighted by molar-refractivity contribution is 6.01. The first-order valence-corrected chi connectivity index (χ1v) is 13.3. The van der Waals surface area contributed by atoms with Gasteiger partial charge in [0.2, 0.25) is 11.9 Å². The van der Waals surface area contributed by atoms with Crippen molar-refractivity contribution in [1.82, 2.24) is 25.2 Å². The molecule has 3 aliphatic heterocycles. The first-order chi connectivity index (χ1) is 19.7. The van der Waals surface area contributed by atoms with Crippen molar-refractivity contribution in [1.29, 1.82) is 0 Å². The Bertz CT molecular complexity index is 1570. The summed E-state index contributed by atoms with van der Waals surface area (Å²) in [5.74, 6) is 0.599. The molecule has 0 spiro atoms. The Balaban J connectivity index is 1.53. The number of H-pyrrole nitrogens is 1. The number of benzene rings is 2. The fraction of sp³-hybridized carbons (Fsp3) is 0.310. The fourth-order valence-corrected chi connectivity index (χ4v) is 4.88. The third-order valence-electron chi connectivity index (χ3n) is 7.31. The van der Waals surface area contributed by atoms with Crippen LogP contribution in [0.4, 0.5) is 33.2 Å². The average Bonchev–Trinajstić information content (AvgIpc) is 3.44. The van der Waals surface area contributed by atoms with Gasteiger partial charge in [0, 0.05) is 25.5 Å². The number of ether oxygens (including phenoxy) is 1. The number of fused-ring (bicyclic) bond motifs is 2. The van der Waals surface area contributed by atoms with E-state index in [0.717, 1.165) is 24.1 Å². The Morgan fingerprint density at radius 2 is 1.98 bits per heavy atom. The van der Waals surface area contributed by atoms with Crippen LogP contribution < -0.4 is 25.6 Å². The molecule has 0 saturated carbocycles. The summed E-state index contributed by atoms with van der Waals surface area (Å²) in [5.41, 5.74) is 3.22. The van der Waals surface area contributed by atoms with E-state index in [0.29, 0.717) is 41.1 Å². The van der Waals surface area contributed by atoms with E-state index < -0.39 is 11.7 Å². The predicted molar refractivity (Wildman–Crippen MR) is 156 cm³/mol. The van der Waals surface area contributed by atoms with Gasteiger partial charge in [-0.1, -0.05) is 6.07 Å². The molecule has 0 fully saturated rings. The Labute approximate surface area is 237 Å². The highest BCUT2D eigenvalue weighted by Gasteiger charge is 2.29. The van der Waals surface area contributed by atoms with Gasteiger partial charge in [0.15, 0.2) is 0 Å². The number of methoxy groups -OCH3 is 1. The average molecular weight is 561 g/mol. The van der Waals surface area contributed by atoms with Crippen molar-refractivity contribution in [3.8, 4) is 17.1 Å². The maximum Gasteiger partial charge on any atom is 0.256 e. The van der Waals surface area contributed by atoms with Crippen LogP contribution in [0.5, 0.6) is 5.75 Å². The van der Waals surface area contributed by atoms with E-state index in [1.807, 2.05) is 43.0 Å². The van der Waals surface area contributed by atoms with Crippen LogP contribution in [0.2, 0.25) is 0 Å². The van der Waals surface area contributed by atoms with Gasteiger partial charge in [-0.3, -0.25) is 14.5 Å². The number of nitrogens with one attached hydrogen (secondary N) is 4. The van der Waals surface area contributed by atoms with Gasteiger partial charge in [0.05, 0.1) is 35.7 Å². The van der Waals surface area contributed by atoms with Crippen LogP contribution >= 0.6 is 0 Å². The van der Waals surface area contributed by atoms with Crippen LogP contribution in [0.15, 0.2) is 42.6 Å². The molecule has 0 saturated heterocycles. The molecule has 4 N–H and O–H groups in total. The van der Waals surface area contributed by atoms with Crippen LogP contribution in [0, 0.1) is 5.82 Å². The number of hydrogen-bond donors (Lipinski definition) is 4. The molecule has 2 amide bonds. The molecule has 0 aliphatic carbocycles. The minimum Gasteiger partial charge on any atom is -0.495 e. The zero-order chi connectivity index (χ0) is 29.3. The molecule has 12 heteroatoms. The van der Waals surface area contributed by atoms with Crippen molar-refractivity contribution in [2.24, 2.45) is 0 Å². The van der Waals surface area contributed by atoms with Gasteiger partial charge in [-0.05, 0) is 69.8 Å². The first-order valence-electron chi connectivity index (χ1n) is 13.3. The van der Waals surface area contributed by atoms with Gasteiger partial charge in [0.25, 0.3) is 5.91 Å². The van der Waals surface area contributed by atoms with Crippen molar-refractivity contribution in [3.63, 3.8) is 0 Å². The van der Waals surface area contributed by atoms with Gasteiger partial charge < -0.3 is 30.6 Å². The summed E-state index contributed by atoms with van der Waals surface area (Å²) >= 11 is 0. The van der Waals surface area contributed by atoms with E-state index in [4.69, 9.17) is 9.72 Å². The van der Waals surface area contributed by atoms with Gasteiger partial charge in [0.1, 0.15) is 23.2 Å². The lowest BCUT2D eigenvalue weighted by Gasteiger charge is -2.34. The zero-order valence-electron chi connectivity index (χ0n) is 23.6. The highest BCUT2D eigenvalue weighted by atomic mass is 19.1. The lowest BCUT2D eigenvalue weighted by Crippen LogP contribution is -2.46. The third kappa shape index (κ3) is 5.38. The molecule has 11 nitrogen and oxygen atoms in total. The monoisotopic (exact) mass is 560 g/mol. The molecule has 214 valence electrons. The summed E-state index contributed by atoms with van der Waals surface area (Å²) in [6.45, 7) is 2.52. The van der Waals surface area contributed by atoms with Gasteiger partial charge in [-0.25, -0.2) is 9.37 Å². The fourth-order valence-electron chi connectivity index (χ4n) is 4.88. The number of aromatic nitrogens is 3. The van der Waals surface area contributed by atoms with E-state index in [-0.39, 0.29) is 23.2 Å². The van der Waals surface area contributed by atoms with Crippen molar-refractivity contribution < 1.29 is 18.7 Å². The Kier molecular flexibility index (Phi) is 7.75. The number of carbonyl (C=O) groups is 2. The molecule has 2 aromatic carbocycles. The zero-order valence-corrected chi connectivity index (χ0v) is 23.6. The molecule has 0 aromatic heterocycles. The predicted octanol–water partition coefficient (Wildman–Crippen LogP) is 4.13. The van der Waals surface area contributed by atoms with E-state index in [1.54, 1.807) is 25.4 Å². The van der Waals surface area contributed by atoms with E-state index in [1.165, 1.54) is 19.2 Å². The van der Waals surface area contributed by atoms with Crippen molar-refractivity contribution in [2.45, 2.75) is 25.8 Å². The van der Waals surface area contributed by atoms with E-state index in [2.05, 4.69) is 25.9 Å². The molecule has 0 bridgehead atoms. The number of nitrogens with zero attached hydrogens (tertiary/aromatic N) is 4. The largest absolute Gasteiger partial charge is 0.495 e. The van der Waals surface area contributed by atoms with E-state index >= 15 is 0 Å². The normalized spacial score (nSPS) is 13.6. The molecule has 3 heterocycles. The van der Waals surface area contributed by atoms with Crippen molar-refractivity contribution >= 4 is 40.6 Å². The smallest absolute Gasteiger partial charge is 0.256 e. The number of anilines is 5. The summed E-state index contributed by atoms with van der Waals surface area (Å²) in [4.78, 5) is 41.7.